The van der Waals surface area contributed by atoms with Crippen molar-refractivity contribution in [2.45, 2.75) is 64.5 Å². The number of hydrogen-bond acceptors (Lipinski definition) is 2. The summed E-state index contributed by atoms with van der Waals surface area (Å²) < 4.78 is 0. The third-order valence-corrected chi connectivity index (χ3v) is 4.39. The average Bonchev–Trinajstić information content (AvgIpc) is 2.49. The van der Waals surface area contributed by atoms with E-state index in [2.05, 4.69) is 43.5 Å². The first-order valence-corrected chi connectivity index (χ1v) is 8.24. The fourth-order valence-corrected chi connectivity index (χ4v) is 3.02. The molecule has 1 aliphatic carbocycles. The number of hydrogen-bond donors (Lipinski definition) is 2. The molecule has 1 aliphatic rings. The van der Waals surface area contributed by atoms with Gasteiger partial charge in [0, 0.05) is 17.6 Å². The van der Waals surface area contributed by atoms with Gasteiger partial charge in [-0.15, -0.1) is 0 Å². The smallest absolute Gasteiger partial charge is 0.251 e. The molecule has 0 spiro atoms. The molecule has 21 heavy (non-hydrogen) atoms. The summed E-state index contributed by atoms with van der Waals surface area (Å²) in [6.45, 7) is 7.51. The molecule has 0 aromatic heterocycles. The largest absolute Gasteiger partial charge is 0.349 e. The van der Waals surface area contributed by atoms with Crippen LogP contribution >= 0.6 is 0 Å². The third kappa shape index (κ3) is 4.57. The highest BCUT2D eigenvalue weighted by Gasteiger charge is 2.22. The zero-order valence-corrected chi connectivity index (χ0v) is 13.5. The molecular formula is C18H28N2O. The second kappa shape index (κ2) is 7.60. The predicted octanol–water partition coefficient (Wildman–Crippen LogP) is 3.46. The van der Waals surface area contributed by atoms with E-state index in [1.54, 1.807) is 0 Å². The van der Waals surface area contributed by atoms with E-state index in [1.165, 1.54) is 5.56 Å². The van der Waals surface area contributed by atoms with E-state index >= 15 is 0 Å². The van der Waals surface area contributed by atoms with Crippen LogP contribution in [0.4, 0.5) is 0 Å². The maximum atomic E-state index is 12.3. The standard InChI is InChI=1S/C18H28N2O/c1-4-19-16-9-11-17(12-10-16)20-18(21)15-7-5-14(6-8-15)13(2)3/h5-8,13,16-17,19H,4,9-12H2,1-3H3,(H,20,21). The van der Waals surface area contributed by atoms with Crippen molar-refractivity contribution in [3.8, 4) is 0 Å². The van der Waals surface area contributed by atoms with Crippen LogP contribution < -0.4 is 10.6 Å². The van der Waals surface area contributed by atoms with Gasteiger partial charge >= 0.3 is 0 Å². The summed E-state index contributed by atoms with van der Waals surface area (Å²) in [5.74, 6) is 0.570. The van der Waals surface area contributed by atoms with Crippen LogP contribution in [-0.2, 0) is 0 Å². The maximum absolute atomic E-state index is 12.3. The molecular weight excluding hydrogens is 260 g/mol. The molecule has 0 unspecified atom stereocenters. The molecule has 1 saturated carbocycles. The average molecular weight is 288 g/mol. The second-order valence-corrected chi connectivity index (χ2v) is 6.36. The van der Waals surface area contributed by atoms with E-state index in [1.807, 2.05) is 12.1 Å². The Bertz CT molecular complexity index is 445. The molecule has 1 aromatic rings. The van der Waals surface area contributed by atoms with Crippen LogP contribution in [0.1, 0.15) is 68.3 Å². The van der Waals surface area contributed by atoms with Gasteiger partial charge in [0.05, 0.1) is 0 Å². The molecule has 0 radical (unpaired) electrons. The van der Waals surface area contributed by atoms with Crippen LogP contribution in [0, 0.1) is 0 Å². The molecule has 0 heterocycles. The normalized spacial score (nSPS) is 22.3. The Kier molecular flexibility index (Phi) is 5.80. The summed E-state index contributed by atoms with van der Waals surface area (Å²) in [6.07, 6.45) is 4.47. The number of carbonyl (C=O) groups excluding carboxylic acids is 1. The Morgan fingerprint density at radius 1 is 1.10 bits per heavy atom. The SMILES string of the molecule is CCNC1CCC(NC(=O)c2ccc(C(C)C)cc2)CC1. The molecule has 3 heteroatoms. The lowest BCUT2D eigenvalue weighted by molar-refractivity contribution is 0.0924. The topological polar surface area (TPSA) is 41.1 Å². The first-order chi connectivity index (χ1) is 10.1. The number of rotatable bonds is 5. The number of amides is 1. The van der Waals surface area contributed by atoms with Crippen molar-refractivity contribution in [1.82, 2.24) is 10.6 Å². The zero-order chi connectivity index (χ0) is 15.2. The lowest BCUT2D eigenvalue weighted by Gasteiger charge is -2.29. The van der Waals surface area contributed by atoms with Crippen molar-refractivity contribution in [2.24, 2.45) is 0 Å². The van der Waals surface area contributed by atoms with Gasteiger partial charge in [0.15, 0.2) is 0 Å². The minimum absolute atomic E-state index is 0.0669. The molecule has 1 fully saturated rings. The van der Waals surface area contributed by atoms with Crippen molar-refractivity contribution in [2.75, 3.05) is 6.54 Å². The highest BCUT2D eigenvalue weighted by Crippen LogP contribution is 2.19. The highest BCUT2D eigenvalue weighted by molar-refractivity contribution is 5.94. The summed E-state index contributed by atoms with van der Waals surface area (Å²) >= 11 is 0. The van der Waals surface area contributed by atoms with Crippen LogP contribution in [-0.4, -0.2) is 24.5 Å². The fourth-order valence-electron chi connectivity index (χ4n) is 3.02. The summed E-state index contributed by atoms with van der Waals surface area (Å²) in [5, 5.41) is 6.67. The van der Waals surface area contributed by atoms with E-state index in [0.717, 1.165) is 37.8 Å². The molecule has 2 rings (SSSR count). The molecule has 0 aliphatic heterocycles. The monoisotopic (exact) mass is 288 g/mol. The van der Waals surface area contributed by atoms with Gasteiger partial charge in [-0.1, -0.05) is 32.9 Å². The minimum atomic E-state index is 0.0669. The van der Waals surface area contributed by atoms with Gasteiger partial charge < -0.3 is 10.6 Å². The predicted molar refractivity (Wildman–Crippen MR) is 87.7 cm³/mol. The fraction of sp³-hybridized carbons (Fsp3) is 0.611. The van der Waals surface area contributed by atoms with Crippen LogP contribution in [0.2, 0.25) is 0 Å². The van der Waals surface area contributed by atoms with Gasteiger partial charge in [0.1, 0.15) is 0 Å². The van der Waals surface area contributed by atoms with E-state index in [9.17, 15) is 4.79 Å². The second-order valence-electron chi connectivity index (χ2n) is 6.36. The van der Waals surface area contributed by atoms with Gasteiger partial charge in [-0.05, 0) is 55.8 Å². The Morgan fingerprint density at radius 2 is 1.67 bits per heavy atom. The maximum Gasteiger partial charge on any atom is 0.251 e. The highest BCUT2D eigenvalue weighted by atomic mass is 16.1. The van der Waals surface area contributed by atoms with E-state index in [-0.39, 0.29) is 5.91 Å². The van der Waals surface area contributed by atoms with Gasteiger partial charge in [0.2, 0.25) is 0 Å². The van der Waals surface area contributed by atoms with Crippen LogP contribution in [0.15, 0.2) is 24.3 Å². The number of carbonyl (C=O) groups is 1. The lowest BCUT2D eigenvalue weighted by atomic mass is 9.91. The van der Waals surface area contributed by atoms with Crippen molar-refractivity contribution >= 4 is 5.91 Å². The van der Waals surface area contributed by atoms with Crippen LogP contribution in [0.25, 0.3) is 0 Å². The third-order valence-electron chi connectivity index (χ3n) is 4.39. The molecule has 0 bridgehead atoms. The lowest BCUT2D eigenvalue weighted by Crippen LogP contribution is -2.42. The van der Waals surface area contributed by atoms with Crippen LogP contribution in [0.3, 0.4) is 0 Å². The first kappa shape index (κ1) is 16.0. The Morgan fingerprint density at radius 3 is 2.19 bits per heavy atom. The summed E-state index contributed by atoms with van der Waals surface area (Å²) in [7, 11) is 0. The van der Waals surface area contributed by atoms with Gasteiger partial charge in [-0.3, -0.25) is 4.79 Å². The molecule has 0 saturated heterocycles. The molecule has 2 N–H and O–H groups in total. The molecule has 1 aromatic carbocycles. The Balaban J connectivity index is 1.84. The molecule has 3 nitrogen and oxygen atoms in total. The van der Waals surface area contributed by atoms with Gasteiger partial charge in [-0.25, -0.2) is 0 Å². The number of nitrogens with one attached hydrogen (secondary N) is 2. The summed E-state index contributed by atoms with van der Waals surface area (Å²) in [6, 6.07) is 8.96. The van der Waals surface area contributed by atoms with Crippen molar-refractivity contribution < 1.29 is 4.79 Å². The van der Waals surface area contributed by atoms with Crippen molar-refractivity contribution in [1.29, 1.82) is 0 Å². The van der Waals surface area contributed by atoms with Gasteiger partial charge in [0.25, 0.3) is 5.91 Å². The quantitative estimate of drug-likeness (QED) is 0.871. The summed E-state index contributed by atoms with van der Waals surface area (Å²) in [4.78, 5) is 12.3. The molecule has 116 valence electrons. The van der Waals surface area contributed by atoms with E-state index < -0.39 is 0 Å². The van der Waals surface area contributed by atoms with E-state index in [0.29, 0.717) is 18.0 Å². The van der Waals surface area contributed by atoms with Gasteiger partial charge in [-0.2, -0.15) is 0 Å². The van der Waals surface area contributed by atoms with E-state index in [4.69, 9.17) is 0 Å². The zero-order valence-electron chi connectivity index (χ0n) is 13.5. The van der Waals surface area contributed by atoms with Crippen LogP contribution in [0.5, 0.6) is 0 Å². The van der Waals surface area contributed by atoms with Crippen molar-refractivity contribution in [3.63, 3.8) is 0 Å². The summed E-state index contributed by atoms with van der Waals surface area (Å²) in [5.41, 5.74) is 2.05. The first-order valence-electron chi connectivity index (χ1n) is 8.24. The Hall–Kier alpha value is -1.35. The number of benzene rings is 1. The Labute approximate surface area is 128 Å². The molecule has 0 atom stereocenters. The molecule has 1 amide bonds. The minimum Gasteiger partial charge on any atom is -0.349 e. The van der Waals surface area contributed by atoms with Crippen molar-refractivity contribution in [3.05, 3.63) is 35.4 Å².